The van der Waals surface area contributed by atoms with Gasteiger partial charge >= 0.3 is 21.7 Å². The number of nitrogens with one attached hydrogen (secondary N) is 1. The summed E-state index contributed by atoms with van der Waals surface area (Å²) in [6.45, 7) is 28.8. The van der Waals surface area contributed by atoms with Gasteiger partial charge in [0.05, 0.1) is 0 Å². The van der Waals surface area contributed by atoms with Gasteiger partial charge in [-0.1, -0.05) is 83.1 Å². The van der Waals surface area contributed by atoms with E-state index in [1.807, 2.05) is 0 Å². The van der Waals surface area contributed by atoms with E-state index >= 15 is 0 Å². The molecule has 0 amide bonds. The van der Waals surface area contributed by atoms with Crippen LogP contribution in [-0.2, 0) is 28.4 Å². The zero-order chi connectivity index (χ0) is 19.0. The summed E-state index contributed by atoms with van der Waals surface area (Å²) < 4.78 is 0. The van der Waals surface area contributed by atoms with E-state index in [0.717, 1.165) is 0 Å². The van der Waals surface area contributed by atoms with E-state index in [9.17, 15) is 0 Å². The molecule has 6 heteroatoms. The number of halogens is 2. The van der Waals surface area contributed by atoms with Crippen LogP contribution in [0.3, 0.4) is 0 Å². The van der Waals surface area contributed by atoms with Crippen LogP contribution in [0.1, 0.15) is 78.7 Å². The molecule has 1 N–H and O–H groups in total. The minimum atomic E-state index is -1.77. The van der Waals surface area contributed by atoms with E-state index in [0.29, 0.717) is 0 Å². The molecular formula is C20H40Cl2NP2Ti. The molecule has 0 saturated heterocycles. The van der Waals surface area contributed by atoms with Crippen molar-refractivity contribution in [2.24, 2.45) is 6.66 Å². The summed E-state index contributed by atoms with van der Waals surface area (Å²) in [6, 6.07) is 0. The SMILES string of the molecule is CC(C)(C)P(=N)(C(C)(C)C)C(C)(C)C.Cc1[c-]p(C)c(C)c1C.[Cl-].[Cl-].[Ti+3]. The molecular weight excluding hydrogens is 435 g/mol. The van der Waals surface area contributed by atoms with E-state index in [1.165, 1.54) is 11.1 Å². The summed E-state index contributed by atoms with van der Waals surface area (Å²) >= 11 is 0. The maximum Gasteiger partial charge on any atom is 3.00 e. The molecule has 1 aromatic rings. The van der Waals surface area contributed by atoms with Crippen LogP contribution in [0.15, 0.2) is 0 Å². The Hall–Kier alpha value is 1.30. The third-order valence-corrected chi connectivity index (χ3v) is 13.0. The summed E-state index contributed by atoms with van der Waals surface area (Å²) in [5, 5.41) is 10.8. The molecule has 153 valence electrons. The van der Waals surface area contributed by atoms with Gasteiger partial charge in [-0.25, -0.2) is 0 Å². The van der Waals surface area contributed by atoms with E-state index in [4.69, 9.17) is 5.16 Å². The number of aryl methyl sites for hydroxylation is 2. The van der Waals surface area contributed by atoms with Gasteiger partial charge in [0.2, 0.25) is 0 Å². The van der Waals surface area contributed by atoms with Gasteiger partial charge in [0.15, 0.2) is 0 Å². The Balaban J connectivity index is -0.000000177. The first kappa shape index (κ1) is 34.8. The fourth-order valence-electron chi connectivity index (χ4n) is 3.96. The Bertz CT molecular complexity index is 523. The maximum atomic E-state index is 8.99. The molecule has 0 spiro atoms. The van der Waals surface area contributed by atoms with Gasteiger partial charge in [-0.05, 0) is 29.2 Å². The standard InChI is InChI=1S/C12H28NP.C8H12P.2ClH.Ti/c1-10(2,3)14(13,11(4,5)6)12(7,8)9;1-6-5-9(4)8(3)7(6)2;;;/h13H,1-9H3;1-4H3;2*1H;/q;-1;;;+3/p-2. The van der Waals surface area contributed by atoms with Crippen molar-refractivity contribution >= 4 is 14.6 Å². The molecule has 0 bridgehead atoms. The van der Waals surface area contributed by atoms with Crippen molar-refractivity contribution in [2.75, 3.05) is 0 Å². The van der Waals surface area contributed by atoms with Crippen LogP contribution >= 0.6 is 14.6 Å². The summed E-state index contributed by atoms with van der Waals surface area (Å²) in [6.07, 6.45) is 0. The number of rotatable bonds is 0. The van der Waals surface area contributed by atoms with Crippen molar-refractivity contribution in [2.45, 2.75) is 98.6 Å². The average Bonchev–Trinajstić information content (AvgIpc) is 2.52. The second kappa shape index (κ2) is 11.5. The molecule has 1 radical (unpaired) electrons. The Labute approximate surface area is 192 Å². The van der Waals surface area contributed by atoms with Crippen LogP contribution in [0.2, 0.25) is 0 Å². The fourth-order valence-corrected chi connectivity index (χ4v) is 11.5. The van der Waals surface area contributed by atoms with Crippen molar-refractivity contribution in [1.82, 2.24) is 0 Å². The van der Waals surface area contributed by atoms with E-state index < -0.39 is 7.05 Å². The minimum absolute atomic E-state index is 0. The Kier molecular flexibility index (Phi) is 15.4. The Morgan fingerprint density at radius 1 is 0.769 bits per heavy atom. The summed E-state index contributed by atoms with van der Waals surface area (Å²) in [5.41, 5.74) is 2.82. The van der Waals surface area contributed by atoms with Crippen LogP contribution in [0.4, 0.5) is 0 Å². The van der Waals surface area contributed by atoms with Gasteiger partial charge in [0.1, 0.15) is 0 Å². The normalized spacial score (nSPS) is 12.7. The first-order chi connectivity index (χ1) is 9.88. The molecule has 1 rings (SSSR count). The maximum absolute atomic E-state index is 8.99. The second-order valence-corrected chi connectivity index (χ2v) is 17.1. The molecule has 0 saturated carbocycles. The smallest absolute Gasteiger partial charge is 1.00 e. The number of hydrogen-bond acceptors (Lipinski definition) is 1. The predicted octanol–water partition coefficient (Wildman–Crippen LogP) is 2.10. The monoisotopic (exact) mass is 474 g/mol. The minimum Gasteiger partial charge on any atom is -1.00 e. The van der Waals surface area contributed by atoms with E-state index in [1.54, 1.807) is 5.30 Å². The van der Waals surface area contributed by atoms with Gasteiger partial charge in [-0.2, -0.15) is 22.2 Å². The molecule has 1 nitrogen and oxygen atoms in total. The average molecular weight is 475 g/mol. The van der Waals surface area contributed by atoms with Crippen molar-refractivity contribution in [3.8, 4) is 0 Å². The van der Waals surface area contributed by atoms with Gasteiger partial charge in [0, 0.05) is 0 Å². The Morgan fingerprint density at radius 3 is 1.08 bits per heavy atom. The van der Waals surface area contributed by atoms with Crippen LogP contribution in [0.25, 0.3) is 0 Å². The molecule has 0 aliphatic rings. The summed E-state index contributed by atoms with van der Waals surface area (Å²) in [7, 11) is -1.78. The topological polar surface area (TPSA) is 23.9 Å². The van der Waals surface area contributed by atoms with Gasteiger partial charge in [-0.15, -0.1) is 0 Å². The van der Waals surface area contributed by atoms with Gasteiger partial charge < -0.3 is 30.0 Å². The van der Waals surface area contributed by atoms with E-state index in [2.05, 4.69) is 95.5 Å². The molecule has 1 atom stereocenters. The van der Waals surface area contributed by atoms with Gasteiger partial charge in [0.25, 0.3) is 0 Å². The first-order valence-electron chi connectivity index (χ1n) is 8.54. The largest absolute Gasteiger partial charge is 3.00 e. The fraction of sp³-hybridized carbons (Fsp3) is 0.800. The molecule has 1 heterocycles. The molecule has 1 aromatic heterocycles. The van der Waals surface area contributed by atoms with E-state index in [-0.39, 0.29) is 69.5 Å². The van der Waals surface area contributed by atoms with Crippen molar-refractivity contribution in [3.05, 3.63) is 22.2 Å². The summed E-state index contributed by atoms with van der Waals surface area (Å²) in [4.78, 5) is 0. The predicted molar refractivity (Wildman–Crippen MR) is 112 cm³/mol. The van der Waals surface area contributed by atoms with Crippen LogP contribution in [-0.4, -0.2) is 15.5 Å². The van der Waals surface area contributed by atoms with Crippen LogP contribution < -0.4 is 24.8 Å². The molecule has 0 fully saturated rings. The quantitative estimate of drug-likeness (QED) is 0.338. The molecule has 0 aromatic carbocycles. The van der Waals surface area contributed by atoms with Crippen molar-refractivity contribution < 1.29 is 46.5 Å². The molecule has 26 heavy (non-hydrogen) atoms. The zero-order valence-corrected chi connectivity index (χ0v) is 24.0. The van der Waals surface area contributed by atoms with Crippen molar-refractivity contribution in [1.29, 1.82) is 5.16 Å². The van der Waals surface area contributed by atoms with Crippen molar-refractivity contribution in [3.63, 3.8) is 0 Å². The third kappa shape index (κ3) is 7.61. The first-order valence-corrected chi connectivity index (χ1v) is 12.1. The summed E-state index contributed by atoms with van der Waals surface area (Å²) in [5.74, 6) is 3.42. The van der Waals surface area contributed by atoms with Crippen LogP contribution in [0, 0.1) is 31.7 Å². The molecule has 0 aliphatic heterocycles. The zero-order valence-electron chi connectivity index (χ0n) is 19.2. The van der Waals surface area contributed by atoms with Crippen LogP contribution in [0.5, 0.6) is 0 Å². The molecule has 1 unspecified atom stereocenters. The second-order valence-electron chi connectivity index (χ2n) is 9.69. The Morgan fingerprint density at radius 2 is 1.04 bits per heavy atom. The number of hydrogen-bond donors (Lipinski definition) is 1. The molecule has 0 aliphatic carbocycles. The van der Waals surface area contributed by atoms with Gasteiger partial charge in [-0.3, -0.25) is 7.53 Å². The third-order valence-electron chi connectivity index (χ3n) is 4.96.